The van der Waals surface area contributed by atoms with Crippen LogP contribution < -0.4 is 5.32 Å². The summed E-state index contributed by atoms with van der Waals surface area (Å²) in [5, 5.41) is 2.93. The van der Waals surface area contributed by atoms with Crippen LogP contribution >= 0.6 is 0 Å². The number of hydrogen-bond acceptors (Lipinski definition) is 3. The van der Waals surface area contributed by atoms with Crippen molar-refractivity contribution < 1.29 is 9.59 Å². The molecule has 0 radical (unpaired) electrons. The van der Waals surface area contributed by atoms with Gasteiger partial charge in [-0.15, -0.1) is 0 Å². The van der Waals surface area contributed by atoms with E-state index < -0.39 is 0 Å². The first-order chi connectivity index (χ1) is 12.0. The number of hydrogen-bond donors (Lipinski definition) is 2. The zero-order valence-electron chi connectivity index (χ0n) is 14.7. The van der Waals surface area contributed by atoms with Crippen molar-refractivity contribution in [3.05, 3.63) is 53.1 Å². The van der Waals surface area contributed by atoms with Gasteiger partial charge in [0.1, 0.15) is 5.82 Å². The lowest BCUT2D eigenvalue weighted by molar-refractivity contribution is -0.127. The fourth-order valence-corrected chi connectivity index (χ4v) is 3.18. The fraction of sp³-hybridized carbons (Fsp3) is 0.421. The van der Waals surface area contributed by atoms with Gasteiger partial charge >= 0.3 is 0 Å². The standard InChI is InChI=1S/C19H24N4O2/c1-13-5-3-4-6-15(13)9-18(25)20-10-17-11-21-19(22-17)16-7-8-23(12-16)14(2)24/h3-6,11,16H,7-10,12H2,1-2H3,(H,20,25)(H,21,22)/t16-/m1/s1. The second kappa shape index (κ2) is 7.51. The summed E-state index contributed by atoms with van der Waals surface area (Å²) in [5.41, 5.74) is 3.05. The molecule has 1 aliphatic heterocycles. The first-order valence-electron chi connectivity index (χ1n) is 8.63. The van der Waals surface area contributed by atoms with Gasteiger partial charge in [0.2, 0.25) is 11.8 Å². The lowest BCUT2D eigenvalue weighted by atomic mass is 10.1. The number of rotatable bonds is 5. The van der Waals surface area contributed by atoms with Crippen molar-refractivity contribution in [1.82, 2.24) is 20.2 Å². The molecule has 3 rings (SSSR count). The number of H-pyrrole nitrogens is 1. The number of carbonyl (C=O) groups excluding carboxylic acids is 2. The zero-order valence-corrected chi connectivity index (χ0v) is 14.7. The van der Waals surface area contributed by atoms with E-state index in [1.165, 1.54) is 0 Å². The van der Waals surface area contributed by atoms with Crippen molar-refractivity contribution in [2.45, 2.75) is 39.2 Å². The molecule has 6 nitrogen and oxygen atoms in total. The van der Waals surface area contributed by atoms with Crippen LogP contribution in [0.25, 0.3) is 0 Å². The number of aryl methyl sites for hydroxylation is 1. The highest BCUT2D eigenvalue weighted by Crippen LogP contribution is 2.24. The van der Waals surface area contributed by atoms with Crippen LogP contribution in [0.3, 0.4) is 0 Å². The molecule has 1 atom stereocenters. The third kappa shape index (κ3) is 4.26. The smallest absolute Gasteiger partial charge is 0.224 e. The van der Waals surface area contributed by atoms with Crippen LogP contribution in [0.5, 0.6) is 0 Å². The summed E-state index contributed by atoms with van der Waals surface area (Å²) in [5.74, 6) is 1.25. The Hall–Kier alpha value is -2.63. The van der Waals surface area contributed by atoms with Crippen molar-refractivity contribution in [3.63, 3.8) is 0 Å². The Morgan fingerprint density at radius 1 is 1.36 bits per heavy atom. The molecule has 1 saturated heterocycles. The molecule has 2 N–H and O–H groups in total. The minimum atomic E-state index is -0.00549. The predicted octanol–water partition coefficient (Wildman–Crippen LogP) is 1.91. The lowest BCUT2D eigenvalue weighted by Crippen LogP contribution is -2.25. The molecular formula is C19H24N4O2. The number of imidazole rings is 1. The molecule has 1 aliphatic rings. The molecule has 0 unspecified atom stereocenters. The summed E-state index contributed by atoms with van der Waals surface area (Å²) < 4.78 is 0. The number of nitrogens with zero attached hydrogens (tertiary/aromatic N) is 2. The number of benzene rings is 1. The second-order valence-electron chi connectivity index (χ2n) is 6.62. The Bertz CT molecular complexity index is 768. The third-order valence-electron chi connectivity index (χ3n) is 4.76. The van der Waals surface area contributed by atoms with Crippen molar-refractivity contribution in [1.29, 1.82) is 0 Å². The maximum atomic E-state index is 12.1. The maximum absolute atomic E-state index is 12.1. The molecule has 1 aromatic heterocycles. The maximum Gasteiger partial charge on any atom is 0.224 e. The van der Waals surface area contributed by atoms with Crippen LogP contribution in [-0.4, -0.2) is 39.8 Å². The average Bonchev–Trinajstić information content (AvgIpc) is 3.24. The molecule has 1 aromatic carbocycles. The molecule has 2 heterocycles. The number of aromatic nitrogens is 2. The van der Waals surface area contributed by atoms with Crippen molar-refractivity contribution in [3.8, 4) is 0 Å². The number of nitrogens with one attached hydrogen (secondary N) is 2. The highest BCUT2D eigenvalue weighted by Gasteiger charge is 2.27. The summed E-state index contributed by atoms with van der Waals surface area (Å²) in [7, 11) is 0. The molecule has 0 aliphatic carbocycles. The van der Waals surface area contributed by atoms with Crippen LogP contribution in [0.2, 0.25) is 0 Å². The molecule has 2 aromatic rings. The van der Waals surface area contributed by atoms with E-state index in [0.717, 1.165) is 35.6 Å². The summed E-state index contributed by atoms with van der Waals surface area (Å²) >= 11 is 0. The number of aromatic amines is 1. The Morgan fingerprint density at radius 2 is 2.16 bits per heavy atom. The van der Waals surface area contributed by atoms with E-state index in [-0.39, 0.29) is 17.7 Å². The fourth-order valence-electron chi connectivity index (χ4n) is 3.18. The second-order valence-corrected chi connectivity index (χ2v) is 6.62. The molecule has 1 fully saturated rings. The van der Waals surface area contributed by atoms with E-state index in [2.05, 4.69) is 15.3 Å². The molecule has 6 heteroatoms. The zero-order chi connectivity index (χ0) is 17.8. The van der Waals surface area contributed by atoms with Gasteiger partial charge in [-0.25, -0.2) is 4.98 Å². The number of carbonyl (C=O) groups is 2. The van der Waals surface area contributed by atoms with Gasteiger partial charge < -0.3 is 15.2 Å². The molecule has 0 bridgehead atoms. The molecule has 0 spiro atoms. The van der Waals surface area contributed by atoms with E-state index in [1.807, 2.05) is 36.1 Å². The summed E-state index contributed by atoms with van der Waals surface area (Å²) in [6.45, 7) is 5.53. The highest BCUT2D eigenvalue weighted by atomic mass is 16.2. The third-order valence-corrected chi connectivity index (χ3v) is 4.76. The number of likely N-dealkylation sites (tertiary alicyclic amines) is 1. The predicted molar refractivity (Wildman–Crippen MR) is 94.9 cm³/mol. The van der Waals surface area contributed by atoms with Gasteiger partial charge in [0.25, 0.3) is 0 Å². The van der Waals surface area contributed by atoms with Gasteiger partial charge in [0, 0.05) is 25.9 Å². The topological polar surface area (TPSA) is 78.1 Å². The van der Waals surface area contributed by atoms with Crippen molar-refractivity contribution in [2.24, 2.45) is 0 Å². The Balaban J connectivity index is 1.51. The SMILES string of the molecule is CC(=O)N1CC[C@@H](c2ncc(CNC(=O)Cc3ccccc3C)[nH]2)C1. The minimum Gasteiger partial charge on any atom is -0.350 e. The Morgan fingerprint density at radius 3 is 2.88 bits per heavy atom. The average molecular weight is 340 g/mol. The van der Waals surface area contributed by atoms with E-state index >= 15 is 0 Å². The monoisotopic (exact) mass is 340 g/mol. The van der Waals surface area contributed by atoms with Gasteiger partial charge in [0.15, 0.2) is 0 Å². The Kier molecular flexibility index (Phi) is 5.16. The first-order valence-corrected chi connectivity index (χ1v) is 8.63. The van der Waals surface area contributed by atoms with Crippen LogP contribution in [0, 0.1) is 6.92 Å². The number of amides is 2. The summed E-state index contributed by atoms with van der Waals surface area (Å²) in [4.78, 5) is 33.1. The summed E-state index contributed by atoms with van der Waals surface area (Å²) in [6.07, 6.45) is 3.07. The molecule has 132 valence electrons. The quantitative estimate of drug-likeness (QED) is 0.873. The van der Waals surface area contributed by atoms with Crippen molar-refractivity contribution >= 4 is 11.8 Å². The van der Waals surface area contributed by atoms with Gasteiger partial charge in [-0.1, -0.05) is 24.3 Å². The van der Waals surface area contributed by atoms with E-state index in [0.29, 0.717) is 19.5 Å². The van der Waals surface area contributed by atoms with Gasteiger partial charge in [-0.2, -0.15) is 0 Å². The summed E-state index contributed by atoms with van der Waals surface area (Å²) in [6, 6.07) is 7.90. The highest BCUT2D eigenvalue weighted by molar-refractivity contribution is 5.78. The van der Waals surface area contributed by atoms with Crippen LogP contribution in [0.1, 0.15) is 41.9 Å². The lowest BCUT2D eigenvalue weighted by Gasteiger charge is -2.12. The normalized spacial score (nSPS) is 16.9. The van der Waals surface area contributed by atoms with Crippen molar-refractivity contribution in [2.75, 3.05) is 13.1 Å². The van der Waals surface area contributed by atoms with Gasteiger partial charge in [-0.3, -0.25) is 9.59 Å². The van der Waals surface area contributed by atoms with Crippen LogP contribution in [0.15, 0.2) is 30.5 Å². The molecule has 0 saturated carbocycles. The first kappa shape index (κ1) is 17.2. The molecule has 2 amide bonds. The van der Waals surface area contributed by atoms with Crippen LogP contribution in [-0.2, 0) is 22.6 Å². The van der Waals surface area contributed by atoms with Gasteiger partial charge in [0.05, 0.1) is 24.9 Å². The Labute approximate surface area is 147 Å². The molecular weight excluding hydrogens is 316 g/mol. The largest absolute Gasteiger partial charge is 0.350 e. The molecule has 25 heavy (non-hydrogen) atoms. The van der Waals surface area contributed by atoms with E-state index in [9.17, 15) is 9.59 Å². The van der Waals surface area contributed by atoms with Crippen LogP contribution in [0.4, 0.5) is 0 Å². The minimum absolute atomic E-state index is 0.00549. The van der Waals surface area contributed by atoms with E-state index in [1.54, 1.807) is 13.1 Å². The van der Waals surface area contributed by atoms with E-state index in [4.69, 9.17) is 0 Å². The van der Waals surface area contributed by atoms with Gasteiger partial charge in [-0.05, 0) is 24.5 Å².